The number of nitrogens with two attached hydrogens (primary N) is 1. The predicted octanol–water partition coefficient (Wildman–Crippen LogP) is 3.44. The van der Waals surface area contributed by atoms with Gasteiger partial charge < -0.3 is 10.6 Å². The predicted molar refractivity (Wildman–Crippen MR) is 80.6 cm³/mol. The van der Waals surface area contributed by atoms with E-state index in [2.05, 4.69) is 13.8 Å². The van der Waals surface area contributed by atoms with Gasteiger partial charge in [-0.3, -0.25) is 4.79 Å². The second-order valence-electron chi connectivity index (χ2n) is 5.53. The average Bonchev–Trinajstić information content (AvgIpc) is 2.36. The van der Waals surface area contributed by atoms with Gasteiger partial charge in [0.25, 0.3) is 0 Å². The van der Waals surface area contributed by atoms with Crippen molar-refractivity contribution in [3.63, 3.8) is 0 Å². The summed E-state index contributed by atoms with van der Waals surface area (Å²) in [6.07, 6.45) is 1.65. The topological polar surface area (TPSA) is 46.3 Å². The van der Waals surface area contributed by atoms with Crippen LogP contribution < -0.4 is 5.73 Å². The maximum Gasteiger partial charge on any atom is 0.223 e. The highest BCUT2D eigenvalue weighted by Crippen LogP contribution is 2.18. The third-order valence-corrected chi connectivity index (χ3v) is 3.56. The van der Waals surface area contributed by atoms with Crippen LogP contribution in [0, 0.1) is 5.92 Å². The first-order valence-electron chi connectivity index (χ1n) is 7.08. The summed E-state index contributed by atoms with van der Waals surface area (Å²) in [4.78, 5) is 14.3. The minimum absolute atomic E-state index is 0.191. The van der Waals surface area contributed by atoms with Crippen molar-refractivity contribution in [1.82, 2.24) is 4.90 Å². The minimum atomic E-state index is 0.191. The molecule has 0 saturated carbocycles. The number of hydrogen-bond donors (Lipinski definition) is 1. The van der Waals surface area contributed by atoms with Gasteiger partial charge in [0, 0.05) is 24.7 Å². The maximum atomic E-state index is 12.4. The molecule has 1 atom stereocenters. The van der Waals surface area contributed by atoms with Gasteiger partial charge in [0.05, 0.1) is 0 Å². The Morgan fingerprint density at radius 2 is 1.89 bits per heavy atom. The van der Waals surface area contributed by atoms with Gasteiger partial charge in [-0.2, -0.15) is 0 Å². The molecule has 0 fully saturated rings. The lowest BCUT2D eigenvalue weighted by molar-refractivity contribution is -0.134. The number of para-hydroxylation sites is 1. The van der Waals surface area contributed by atoms with E-state index in [9.17, 15) is 4.79 Å². The molecule has 0 heterocycles. The zero-order chi connectivity index (χ0) is 14.4. The monoisotopic (exact) mass is 262 g/mol. The molecule has 1 unspecified atom stereocenters. The molecular formula is C16H26N2O. The van der Waals surface area contributed by atoms with E-state index in [1.165, 1.54) is 0 Å². The highest BCUT2D eigenvalue weighted by Gasteiger charge is 2.19. The molecule has 0 spiro atoms. The number of nitrogen functional groups attached to an aromatic ring is 1. The van der Waals surface area contributed by atoms with E-state index < -0.39 is 0 Å². The summed E-state index contributed by atoms with van der Waals surface area (Å²) in [6.45, 7) is 8.93. The van der Waals surface area contributed by atoms with Crippen LogP contribution >= 0.6 is 0 Å². The maximum absolute atomic E-state index is 12.4. The van der Waals surface area contributed by atoms with Crippen molar-refractivity contribution in [2.45, 2.75) is 53.1 Å². The molecule has 0 saturated heterocycles. The molecule has 0 aliphatic rings. The molecule has 2 N–H and O–H groups in total. The van der Waals surface area contributed by atoms with Gasteiger partial charge in [0.1, 0.15) is 0 Å². The molecule has 1 aromatic carbocycles. The molecule has 0 aliphatic carbocycles. The van der Waals surface area contributed by atoms with Crippen molar-refractivity contribution in [2.75, 3.05) is 5.73 Å². The van der Waals surface area contributed by atoms with Gasteiger partial charge in [0.2, 0.25) is 5.91 Å². The highest BCUT2D eigenvalue weighted by molar-refractivity contribution is 5.77. The third-order valence-electron chi connectivity index (χ3n) is 3.56. The Morgan fingerprint density at radius 1 is 1.26 bits per heavy atom. The smallest absolute Gasteiger partial charge is 0.223 e. The minimum Gasteiger partial charge on any atom is -0.398 e. The number of carbonyl (C=O) groups is 1. The number of benzene rings is 1. The number of anilines is 1. The largest absolute Gasteiger partial charge is 0.398 e. The molecule has 19 heavy (non-hydrogen) atoms. The zero-order valence-corrected chi connectivity index (χ0v) is 12.5. The molecule has 106 valence electrons. The first-order chi connectivity index (χ1) is 8.95. The number of amides is 1. The van der Waals surface area contributed by atoms with E-state index in [0.717, 1.165) is 17.7 Å². The van der Waals surface area contributed by atoms with Gasteiger partial charge in [-0.05, 0) is 31.4 Å². The van der Waals surface area contributed by atoms with E-state index in [1.54, 1.807) is 0 Å². The van der Waals surface area contributed by atoms with Gasteiger partial charge in [-0.1, -0.05) is 38.5 Å². The Bertz CT molecular complexity index is 415. The summed E-state index contributed by atoms with van der Waals surface area (Å²) < 4.78 is 0. The van der Waals surface area contributed by atoms with Gasteiger partial charge in [-0.25, -0.2) is 0 Å². The summed E-state index contributed by atoms with van der Waals surface area (Å²) in [5, 5.41) is 0. The molecule has 0 bridgehead atoms. The Balaban J connectivity index is 2.79. The molecule has 0 aromatic heterocycles. The van der Waals surface area contributed by atoms with Crippen molar-refractivity contribution in [3.8, 4) is 0 Å². The quantitative estimate of drug-likeness (QED) is 0.798. The van der Waals surface area contributed by atoms with Gasteiger partial charge in [-0.15, -0.1) is 0 Å². The average molecular weight is 262 g/mol. The van der Waals surface area contributed by atoms with Crippen LogP contribution in [-0.2, 0) is 11.3 Å². The fourth-order valence-corrected chi connectivity index (χ4v) is 1.98. The normalized spacial score (nSPS) is 12.5. The molecule has 1 aromatic rings. The first-order valence-corrected chi connectivity index (χ1v) is 7.08. The van der Waals surface area contributed by atoms with E-state index in [4.69, 9.17) is 5.73 Å². The molecule has 1 amide bonds. The molecular weight excluding hydrogens is 236 g/mol. The van der Waals surface area contributed by atoms with Crippen LogP contribution in [0.25, 0.3) is 0 Å². The number of rotatable bonds is 6. The van der Waals surface area contributed by atoms with E-state index >= 15 is 0 Å². The summed E-state index contributed by atoms with van der Waals surface area (Å²) in [7, 11) is 0. The van der Waals surface area contributed by atoms with Crippen LogP contribution in [0.2, 0.25) is 0 Å². The zero-order valence-electron chi connectivity index (χ0n) is 12.5. The molecule has 3 nitrogen and oxygen atoms in total. The van der Waals surface area contributed by atoms with Crippen molar-refractivity contribution in [1.29, 1.82) is 0 Å². The van der Waals surface area contributed by atoms with Crippen LogP contribution in [-0.4, -0.2) is 16.8 Å². The summed E-state index contributed by atoms with van der Waals surface area (Å²) in [5.41, 5.74) is 7.73. The van der Waals surface area contributed by atoms with Crippen LogP contribution in [0.15, 0.2) is 24.3 Å². The molecule has 1 rings (SSSR count). The van der Waals surface area contributed by atoms with Crippen molar-refractivity contribution in [3.05, 3.63) is 29.8 Å². The number of nitrogens with zero attached hydrogens (tertiary/aromatic N) is 1. The first kappa shape index (κ1) is 15.5. The third kappa shape index (κ3) is 4.58. The van der Waals surface area contributed by atoms with Crippen molar-refractivity contribution >= 4 is 11.6 Å². The van der Waals surface area contributed by atoms with Crippen LogP contribution in [0.3, 0.4) is 0 Å². The lowest BCUT2D eigenvalue weighted by Crippen LogP contribution is -2.37. The molecule has 3 heteroatoms. The summed E-state index contributed by atoms with van der Waals surface area (Å²) >= 11 is 0. The standard InChI is InChI=1S/C16H26N2O/c1-5-13(4)10-16(19)18(12(2)3)11-14-8-6-7-9-15(14)17/h6-9,12-13H,5,10-11,17H2,1-4H3. The second-order valence-corrected chi connectivity index (χ2v) is 5.53. The molecule has 0 radical (unpaired) electrons. The summed E-state index contributed by atoms with van der Waals surface area (Å²) in [5.74, 6) is 0.648. The molecule has 0 aliphatic heterocycles. The van der Waals surface area contributed by atoms with Crippen LogP contribution in [0.5, 0.6) is 0 Å². The van der Waals surface area contributed by atoms with Crippen molar-refractivity contribution in [2.24, 2.45) is 5.92 Å². The fraction of sp³-hybridized carbons (Fsp3) is 0.562. The van der Waals surface area contributed by atoms with Crippen LogP contribution in [0.1, 0.15) is 46.1 Å². The number of carbonyl (C=O) groups excluding carboxylic acids is 1. The highest BCUT2D eigenvalue weighted by atomic mass is 16.2. The van der Waals surface area contributed by atoms with Gasteiger partial charge >= 0.3 is 0 Å². The van der Waals surface area contributed by atoms with Crippen LogP contribution in [0.4, 0.5) is 5.69 Å². The van der Waals surface area contributed by atoms with E-state index in [-0.39, 0.29) is 11.9 Å². The Morgan fingerprint density at radius 3 is 2.42 bits per heavy atom. The lowest BCUT2D eigenvalue weighted by atomic mass is 10.0. The SMILES string of the molecule is CCC(C)CC(=O)N(Cc1ccccc1N)C(C)C. The van der Waals surface area contributed by atoms with Crippen molar-refractivity contribution < 1.29 is 4.79 Å². The lowest BCUT2D eigenvalue weighted by Gasteiger charge is -2.28. The Labute approximate surface area is 116 Å². The van der Waals surface area contributed by atoms with Gasteiger partial charge in [0.15, 0.2) is 0 Å². The van der Waals surface area contributed by atoms with E-state index in [0.29, 0.717) is 18.9 Å². The summed E-state index contributed by atoms with van der Waals surface area (Å²) in [6, 6.07) is 7.94. The Kier molecular flexibility index (Phi) is 5.87. The van der Waals surface area contributed by atoms with E-state index in [1.807, 2.05) is 43.0 Å². The number of hydrogen-bond acceptors (Lipinski definition) is 2. The fourth-order valence-electron chi connectivity index (χ4n) is 1.98. The second kappa shape index (κ2) is 7.17. The Hall–Kier alpha value is -1.51.